The molecular weight excluding hydrogens is 264 g/mol. The van der Waals surface area contributed by atoms with E-state index in [-0.39, 0.29) is 0 Å². The SMILES string of the molecule is N#CCc1ccc(-c2ccc(Br)cn2)cc1. The third-order valence-electron chi connectivity index (χ3n) is 2.26. The van der Waals surface area contributed by atoms with Crippen LogP contribution in [0.2, 0.25) is 0 Å². The molecule has 0 N–H and O–H groups in total. The second-order valence-corrected chi connectivity index (χ2v) is 4.31. The molecule has 0 bridgehead atoms. The maximum Gasteiger partial charge on any atom is 0.0702 e. The van der Waals surface area contributed by atoms with Gasteiger partial charge in [0.25, 0.3) is 0 Å². The predicted molar refractivity (Wildman–Crippen MR) is 66.7 cm³/mol. The zero-order chi connectivity index (χ0) is 11.4. The monoisotopic (exact) mass is 272 g/mol. The average Bonchev–Trinajstić information content (AvgIpc) is 2.32. The number of hydrogen-bond donors (Lipinski definition) is 0. The van der Waals surface area contributed by atoms with E-state index in [1.165, 1.54) is 0 Å². The maximum atomic E-state index is 8.57. The molecule has 1 aromatic heterocycles. The van der Waals surface area contributed by atoms with E-state index in [1.807, 2.05) is 36.4 Å². The van der Waals surface area contributed by atoms with Gasteiger partial charge in [0.1, 0.15) is 0 Å². The molecule has 16 heavy (non-hydrogen) atoms. The smallest absolute Gasteiger partial charge is 0.0702 e. The fourth-order valence-corrected chi connectivity index (χ4v) is 1.67. The Balaban J connectivity index is 2.28. The van der Waals surface area contributed by atoms with E-state index in [1.54, 1.807) is 6.20 Å². The molecule has 2 aromatic rings. The highest BCUT2D eigenvalue weighted by Gasteiger charge is 1.99. The second kappa shape index (κ2) is 4.91. The molecule has 0 unspecified atom stereocenters. The Bertz CT molecular complexity index is 509. The Morgan fingerprint density at radius 2 is 1.88 bits per heavy atom. The number of aromatic nitrogens is 1. The number of hydrogen-bond acceptors (Lipinski definition) is 2. The summed E-state index contributed by atoms with van der Waals surface area (Å²) in [5, 5.41) is 8.57. The Kier molecular flexibility index (Phi) is 3.33. The first-order valence-corrected chi connectivity index (χ1v) is 5.67. The molecule has 0 fully saturated rings. The standard InChI is InChI=1S/C13H9BrN2/c14-12-5-6-13(16-9-12)11-3-1-10(2-4-11)7-8-15/h1-6,9H,7H2. The van der Waals surface area contributed by atoms with Crippen molar-refractivity contribution < 1.29 is 0 Å². The molecule has 1 aromatic carbocycles. The van der Waals surface area contributed by atoms with Gasteiger partial charge in [0.2, 0.25) is 0 Å². The molecule has 0 saturated heterocycles. The number of halogens is 1. The third-order valence-corrected chi connectivity index (χ3v) is 2.73. The summed E-state index contributed by atoms with van der Waals surface area (Å²) in [6, 6.07) is 14.0. The molecule has 0 amide bonds. The molecule has 0 aliphatic heterocycles. The van der Waals surface area contributed by atoms with Crippen molar-refractivity contribution in [1.82, 2.24) is 4.98 Å². The van der Waals surface area contributed by atoms with Crippen LogP contribution in [-0.4, -0.2) is 4.98 Å². The van der Waals surface area contributed by atoms with Crippen molar-refractivity contribution in [2.75, 3.05) is 0 Å². The van der Waals surface area contributed by atoms with E-state index in [9.17, 15) is 0 Å². The van der Waals surface area contributed by atoms with Gasteiger partial charge in [-0.15, -0.1) is 0 Å². The largest absolute Gasteiger partial charge is 0.255 e. The van der Waals surface area contributed by atoms with Gasteiger partial charge in [0, 0.05) is 16.2 Å². The summed E-state index contributed by atoms with van der Waals surface area (Å²) in [5.74, 6) is 0. The van der Waals surface area contributed by atoms with Crippen LogP contribution in [-0.2, 0) is 6.42 Å². The van der Waals surface area contributed by atoms with Crippen molar-refractivity contribution >= 4 is 15.9 Å². The van der Waals surface area contributed by atoms with E-state index in [2.05, 4.69) is 27.0 Å². The van der Waals surface area contributed by atoms with Crippen molar-refractivity contribution in [3.05, 3.63) is 52.6 Å². The third kappa shape index (κ3) is 2.47. The summed E-state index contributed by atoms with van der Waals surface area (Å²) < 4.78 is 0.970. The van der Waals surface area contributed by atoms with Crippen molar-refractivity contribution in [3.63, 3.8) is 0 Å². The van der Waals surface area contributed by atoms with Crippen LogP contribution in [0.3, 0.4) is 0 Å². The zero-order valence-corrected chi connectivity index (χ0v) is 10.1. The summed E-state index contributed by atoms with van der Waals surface area (Å²) >= 11 is 3.35. The highest BCUT2D eigenvalue weighted by Crippen LogP contribution is 2.19. The molecule has 0 saturated carbocycles. The highest BCUT2D eigenvalue weighted by atomic mass is 79.9. The molecule has 0 aliphatic rings. The Morgan fingerprint density at radius 3 is 2.44 bits per heavy atom. The molecular formula is C13H9BrN2. The van der Waals surface area contributed by atoms with Crippen molar-refractivity contribution in [3.8, 4) is 17.3 Å². The Labute approximate surface area is 103 Å². The van der Waals surface area contributed by atoms with Crippen LogP contribution in [0.15, 0.2) is 47.1 Å². The van der Waals surface area contributed by atoms with Gasteiger partial charge in [0.15, 0.2) is 0 Å². The minimum atomic E-state index is 0.452. The van der Waals surface area contributed by atoms with Gasteiger partial charge in [-0.25, -0.2) is 0 Å². The molecule has 0 aliphatic carbocycles. The number of pyridine rings is 1. The summed E-state index contributed by atoms with van der Waals surface area (Å²) in [6.07, 6.45) is 2.23. The molecule has 2 rings (SSSR count). The lowest BCUT2D eigenvalue weighted by Crippen LogP contribution is -1.85. The average molecular weight is 273 g/mol. The van der Waals surface area contributed by atoms with Crippen molar-refractivity contribution in [2.24, 2.45) is 0 Å². The summed E-state index contributed by atoms with van der Waals surface area (Å²) in [4.78, 5) is 4.31. The van der Waals surface area contributed by atoms with Gasteiger partial charge in [-0.1, -0.05) is 24.3 Å². The summed E-state index contributed by atoms with van der Waals surface area (Å²) in [5.41, 5.74) is 3.03. The second-order valence-electron chi connectivity index (χ2n) is 3.39. The molecule has 0 radical (unpaired) electrons. The minimum absolute atomic E-state index is 0.452. The topological polar surface area (TPSA) is 36.7 Å². The number of nitrogens with zero attached hydrogens (tertiary/aromatic N) is 2. The highest BCUT2D eigenvalue weighted by molar-refractivity contribution is 9.10. The normalized spacial score (nSPS) is 9.75. The van der Waals surface area contributed by atoms with Crippen LogP contribution in [0.5, 0.6) is 0 Å². The number of nitriles is 1. The van der Waals surface area contributed by atoms with Crippen LogP contribution in [0.4, 0.5) is 0 Å². The van der Waals surface area contributed by atoms with E-state index in [4.69, 9.17) is 5.26 Å². The van der Waals surface area contributed by atoms with Crippen LogP contribution in [0, 0.1) is 11.3 Å². The first-order chi connectivity index (χ1) is 7.79. The fourth-order valence-electron chi connectivity index (χ4n) is 1.43. The fraction of sp³-hybridized carbons (Fsp3) is 0.0769. The molecule has 3 heteroatoms. The number of rotatable bonds is 2. The summed E-state index contributed by atoms with van der Waals surface area (Å²) in [7, 11) is 0. The van der Waals surface area contributed by atoms with Gasteiger partial charge >= 0.3 is 0 Å². The van der Waals surface area contributed by atoms with Gasteiger partial charge < -0.3 is 0 Å². The zero-order valence-electron chi connectivity index (χ0n) is 8.52. The summed E-state index contributed by atoms with van der Waals surface area (Å²) in [6.45, 7) is 0. The Hall–Kier alpha value is -1.66. The molecule has 1 heterocycles. The maximum absolute atomic E-state index is 8.57. The Morgan fingerprint density at radius 1 is 1.12 bits per heavy atom. The van der Waals surface area contributed by atoms with Gasteiger partial charge in [-0.05, 0) is 33.6 Å². The van der Waals surface area contributed by atoms with Crippen LogP contribution >= 0.6 is 15.9 Å². The minimum Gasteiger partial charge on any atom is -0.255 e. The molecule has 0 atom stereocenters. The van der Waals surface area contributed by atoms with Crippen LogP contribution in [0.25, 0.3) is 11.3 Å². The quantitative estimate of drug-likeness (QED) is 0.838. The first kappa shape index (κ1) is 10.8. The molecule has 78 valence electrons. The van der Waals surface area contributed by atoms with E-state index < -0.39 is 0 Å². The van der Waals surface area contributed by atoms with E-state index in [0.717, 1.165) is 21.3 Å². The first-order valence-electron chi connectivity index (χ1n) is 4.87. The molecule has 2 nitrogen and oxygen atoms in total. The molecule has 0 spiro atoms. The van der Waals surface area contributed by atoms with Gasteiger partial charge in [0.05, 0.1) is 18.2 Å². The van der Waals surface area contributed by atoms with Crippen LogP contribution in [0.1, 0.15) is 5.56 Å². The van der Waals surface area contributed by atoms with E-state index >= 15 is 0 Å². The predicted octanol–water partition coefficient (Wildman–Crippen LogP) is 3.58. The van der Waals surface area contributed by atoms with Crippen molar-refractivity contribution in [2.45, 2.75) is 6.42 Å². The van der Waals surface area contributed by atoms with Gasteiger partial charge in [-0.3, -0.25) is 4.98 Å². The van der Waals surface area contributed by atoms with E-state index in [0.29, 0.717) is 6.42 Å². The lowest BCUT2D eigenvalue weighted by molar-refractivity contribution is 1.25. The number of benzene rings is 1. The van der Waals surface area contributed by atoms with Crippen molar-refractivity contribution in [1.29, 1.82) is 5.26 Å². The van der Waals surface area contributed by atoms with Crippen LogP contribution < -0.4 is 0 Å². The lowest BCUT2D eigenvalue weighted by atomic mass is 10.1. The lowest BCUT2D eigenvalue weighted by Gasteiger charge is -2.01. The van der Waals surface area contributed by atoms with Gasteiger partial charge in [-0.2, -0.15) is 5.26 Å².